The molecule has 0 unspecified atom stereocenters. The maximum atomic E-state index is 12.8. The van der Waals surface area contributed by atoms with E-state index in [1.807, 2.05) is 12.1 Å². The SMILES string of the molecule is C[C@H](OC(=O)[C@@H](C)N)C(=O)N1CCC(CCn2c(Sc3cc4c(cc3Br)OCCO4)nc3c(N)ncnc32)CC1. The number of carbonyl (C=O) groups excluding carboxylic acids is 2. The number of aryl methyl sites for hydroxylation is 1. The molecule has 0 spiro atoms. The number of piperidine rings is 1. The summed E-state index contributed by atoms with van der Waals surface area (Å²) in [6.45, 7) is 6.04. The summed E-state index contributed by atoms with van der Waals surface area (Å²) in [5.74, 6) is 1.37. The normalized spacial score (nSPS) is 17.1. The van der Waals surface area contributed by atoms with Gasteiger partial charge in [-0.3, -0.25) is 9.59 Å². The number of hydrogen-bond acceptors (Lipinski definition) is 11. The van der Waals surface area contributed by atoms with Crippen molar-refractivity contribution in [2.24, 2.45) is 11.7 Å². The fourth-order valence-electron chi connectivity index (χ4n) is 4.78. The van der Waals surface area contributed by atoms with E-state index in [0.717, 1.165) is 33.8 Å². The predicted molar refractivity (Wildman–Crippen MR) is 152 cm³/mol. The van der Waals surface area contributed by atoms with Crippen molar-refractivity contribution in [2.75, 3.05) is 32.0 Å². The van der Waals surface area contributed by atoms with Crippen LogP contribution in [0.3, 0.4) is 0 Å². The van der Waals surface area contributed by atoms with Crippen molar-refractivity contribution in [1.82, 2.24) is 24.4 Å². The minimum Gasteiger partial charge on any atom is -0.486 e. The van der Waals surface area contributed by atoms with Crippen LogP contribution < -0.4 is 20.9 Å². The third kappa shape index (κ3) is 6.13. The fourth-order valence-corrected chi connectivity index (χ4v) is 6.29. The summed E-state index contributed by atoms with van der Waals surface area (Å²) in [5.41, 5.74) is 12.9. The fraction of sp³-hybridized carbons (Fsp3) is 0.500. The van der Waals surface area contributed by atoms with Crippen LogP contribution in [-0.4, -0.2) is 74.7 Å². The van der Waals surface area contributed by atoms with E-state index in [-0.39, 0.29) is 5.91 Å². The first-order chi connectivity index (χ1) is 19.2. The lowest BCUT2D eigenvalue weighted by atomic mass is 9.93. The van der Waals surface area contributed by atoms with Crippen molar-refractivity contribution in [3.05, 3.63) is 22.9 Å². The molecule has 4 N–H and O–H groups in total. The number of esters is 1. The number of hydrogen-bond donors (Lipinski definition) is 2. The average Bonchev–Trinajstić information content (AvgIpc) is 3.30. The Labute approximate surface area is 244 Å². The van der Waals surface area contributed by atoms with Gasteiger partial charge in [0.25, 0.3) is 5.91 Å². The molecule has 1 aromatic carbocycles. The van der Waals surface area contributed by atoms with Gasteiger partial charge in [-0.1, -0.05) is 11.8 Å². The highest BCUT2D eigenvalue weighted by Gasteiger charge is 2.29. The molecule has 5 rings (SSSR count). The maximum absolute atomic E-state index is 12.8. The number of rotatable bonds is 8. The molecular weight excluding hydrogens is 602 g/mol. The highest BCUT2D eigenvalue weighted by molar-refractivity contribution is 9.10. The molecule has 0 bridgehead atoms. The van der Waals surface area contributed by atoms with Crippen LogP contribution in [0, 0.1) is 5.92 Å². The van der Waals surface area contributed by atoms with E-state index in [1.165, 1.54) is 25.0 Å². The summed E-state index contributed by atoms with van der Waals surface area (Å²) in [6, 6.07) is 3.09. The number of fused-ring (bicyclic) bond motifs is 2. The Morgan fingerprint density at radius 2 is 1.88 bits per heavy atom. The molecule has 3 aromatic rings. The lowest BCUT2D eigenvalue weighted by Gasteiger charge is -2.33. The predicted octanol–water partition coefficient (Wildman–Crippen LogP) is 3.00. The van der Waals surface area contributed by atoms with E-state index >= 15 is 0 Å². The first kappa shape index (κ1) is 28.4. The van der Waals surface area contributed by atoms with Crippen molar-refractivity contribution in [3.8, 4) is 11.5 Å². The largest absolute Gasteiger partial charge is 0.486 e. The summed E-state index contributed by atoms with van der Waals surface area (Å²) in [5, 5.41) is 0.747. The Kier molecular flexibility index (Phi) is 8.66. The van der Waals surface area contributed by atoms with Gasteiger partial charge < -0.3 is 35.1 Å². The second-order valence-electron chi connectivity index (χ2n) is 9.93. The van der Waals surface area contributed by atoms with E-state index in [9.17, 15) is 9.59 Å². The van der Waals surface area contributed by atoms with Gasteiger partial charge in [-0.15, -0.1) is 0 Å². The molecule has 14 heteroatoms. The Bertz CT molecular complexity index is 1410. The van der Waals surface area contributed by atoms with Crippen LogP contribution in [0.5, 0.6) is 11.5 Å². The molecule has 12 nitrogen and oxygen atoms in total. The number of amides is 1. The van der Waals surface area contributed by atoms with Crippen LogP contribution >= 0.6 is 27.7 Å². The summed E-state index contributed by atoms with van der Waals surface area (Å²) >= 11 is 5.14. The van der Waals surface area contributed by atoms with E-state index < -0.39 is 18.1 Å². The van der Waals surface area contributed by atoms with Gasteiger partial charge in [0.05, 0.1) is 0 Å². The number of nitrogens with two attached hydrogens (primary N) is 2. The van der Waals surface area contributed by atoms with Gasteiger partial charge in [0.2, 0.25) is 0 Å². The Balaban J connectivity index is 1.27. The lowest BCUT2D eigenvalue weighted by molar-refractivity contribution is -0.160. The van der Waals surface area contributed by atoms with Gasteiger partial charge in [0.1, 0.15) is 25.6 Å². The minimum atomic E-state index is -0.850. The molecule has 214 valence electrons. The molecule has 1 amide bonds. The smallest absolute Gasteiger partial charge is 0.323 e. The monoisotopic (exact) mass is 633 g/mol. The van der Waals surface area contributed by atoms with Crippen molar-refractivity contribution in [2.45, 2.75) is 61.9 Å². The van der Waals surface area contributed by atoms with E-state index in [1.54, 1.807) is 11.8 Å². The van der Waals surface area contributed by atoms with Gasteiger partial charge in [0.15, 0.2) is 39.7 Å². The molecule has 40 heavy (non-hydrogen) atoms. The molecule has 1 fully saturated rings. The van der Waals surface area contributed by atoms with Gasteiger partial charge in [0, 0.05) is 29.0 Å². The number of carbonyl (C=O) groups is 2. The zero-order valence-electron chi connectivity index (χ0n) is 22.3. The van der Waals surface area contributed by atoms with Crippen molar-refractivity contribution in [1.29, 1.82) is 0 Å². The standard InChI is InChI=1S/C26H32BrN7O5S/c1-14(28)25(36)39-15(2)24(35)33-6-3-16(4-7-33)5-8-34-23-21(22(29)30-13-31-23)32-26(34)40-20-12-19-18(11-17(20)27)37-9-10-38-19/h11-16H,3-10,28H2,1-2H3,(H2,29,30,31)/t14-,15+/m1/s1. The van der Waals surface area contributed by atoms with Crippen LogP contribution in [0.15, 0.2) is 33.0 Å². The van der Waals surface area contributed by atoms with Crippen molar-refractivity contribution < 1.29 is 23.8 Å². The quantitative estimate of drug-likeness (QED) is 0.351. The Hall–Kier alpha value is -3.10. The molecule has 0 aliphatic carbocycles. The molecule has 2 aromatic heterocycles. The summed E-state index contributed by atoms with van der Waals surface area (Å²) in [7, 11) is 0. The molecule has 2 atom stereocenters. The third-order valence-corrected chi connectivity index (χ3v) is 8.99. The van der Waals surface area contributed by atoms with E-state index in [0.29, 0.717) is 67.2 Å². The summed E-state index contributed by atoms with van der Waals surface area (Å²) < 4.78 is 19.6. The summed E-state index contributed by atoms with van der Waals surface area (Å²) in [4.78, 5) is 40.6. The van der Waals surface area contributed by atoms with Crippen molar-refractivity contribution >= 4 is 56.6 Å². The number of benzene rings is 1. The molecule has 2 aliphatic heterocycles. The molecule has 1 saturated heterocycles. The molecule has 0 saturated carbocycles. The van der Waals surface area contributed by atoms with Crippen LogP contribution in [-0.2, 0) is 20.9 Å². The number of halogens is 1. The van der Waals surface area contributed by atoms with Crippen molar-refractivity contribution in [3.63, 3.8) is 0 Å². The van der Waals surface area contributed by atoms with Crippen LogP contribution in [0.4, 0.5) is 5.82 Å². The number of nitrogens with zero attached hydrogens (tertiary/aromatic N) is 5. The number of likely N-dealkylation sites (tertiary alicyclic amines) is 1. The Morgan fingerprint density at radius 3 is 2.58 bits per heavy atom. The van der Waals surface area contributed by atoms with Gasteiger partial charge in [-0.05, 0) is 67.1 Å². The minimum absolute atomic E-state index is 0.191. The number of anilines is 1. The Morgan fingerprint density at radius 1 is 1.18 bits per heavy atom. The first-order valence-electron chi connectivity index (χ1n) is 13.2. The molecular formula is C26H32BrN7O5S. The topological polar surface area (TPSA) is 161 Å². The second-order valence-corrected chi connectivity index (χ2v) is 11.8. The lowest BCUT2D eigenvalue weighted by Crippen LogP contribution is -2.45. The highest BCUT2D eigenvalue weighted by Crippen LogP contribution is 2.42. The number of aromatic nitrogens is 4. The second kappa shape index (κ2) is 12.2. The number of imidazole rings is 1. The molecule has 2 aliphatic rings. The van der Waals surface area contributed by atoms with Crippen LogP contribution in [0.2, 0.25) is 0 Å². The van der Waals surface area contributed by atoms with Gasteiger partial charge in [-0.25, -0.2) is 15.0 Å². The average molecular weight is 635 g/mol. The number of ether oxygens (including phenoxy) is 3. The maximum Gasteiger partial charge on any atom is 0.323 e. The third-order valence-electron chi connectivity index (χ3n) is 7.02. The highest BCUT2D eigenvalue weighted by atomic mass is 79.9. The molecule has 4 heterocycles. The zero-order valence-corrected chi connectivity index (χ0v) is 24.7. The number of nitrogen functional groups attached to an aromatic ring is 1. The van der Waals surface area contributed by atoms with Gasteiger partial charge in [-0.2, -0.15) is 0 Å². The first-order valence-corrected chi connectivity index (χ1v) is 14.8. The van der Waals surface area contributed by atoms with Gasteiger partial charge >= 0.3 is 5.97 Å². The van der Waals surface area contributed by atoms with Crippen LogP contribution in [0.25, 0.3) is 11.2 Å². The summed E-state index contributed by atoms with van der Waals surface area (Å²) in [6.07, 6.45) is 3.17. The zero-order chi connectivity index (χ0) is 28.4. The molecule has 0 radical (unpaired) electrons. The van der Waals surface area contributed by atoms with E-state index in [4.69, 9.17) is 30.7 Å². The van der Waals surface area contributed by atoms with Crippen LogP contribution in [0.1, 0.15) is 33.1 Å². The van der Waals surface area contributed by atoms with E-state index in [2.05, 4.69) is 30.5 Å².